The summed E-state index contributed by atoms with van der Waals surface area (Å²) < 4.78 is 16.9. The first kappa shape index (κ1) is 27.9. The molecule has 0 aliphatic heterocycles. The molecule has 0 aromatic heterocycles. The Bertz CT molecular complexity index is 793. The lowest BCUT2D eigenvalue weighted by Gasteiger charge is -2.33. The highest BCUT2D eigenvalue weighted by atomic mass is 16.6. The molecule has 35 heavy (non-hydrogen) atoms. The topological polar surface area (TPSA) is 85.2 Å². The van der Waals surface area contributed by atoms with Crippen LogP contribution in [-0.4, -0.2) is 48.4 Å². The third kappa shape index (κ3) is 7.93. The summed E-state index contributed by atoms with van der Waals surface area (Å²) >= 11 is 0. The number of unbranched alkanes of at least 4 members (excludes halogenated alkanes) is 2. The summed E-state index contributed by atoms with van der Waals surface area (Å²) in [6, 6.07) is 6.13. The normalized spacial score (nSPS) is 25.1. The number of carbonyl (C=O) groups excluding carboxylic acids is 1. The van der Waals surface area contributed by atoms with Crippen LogP contribution in [0.15, 0.2) is 18.2 Å². The number of hydrogen-bond acceptors (Lipinski definition) is 6. The van der Waals surface area contributed by atoms with E-state index in [-0.39, 0.29) is 36.6 Å². The van der Waals surface area contributed by atoms with Crippen molar-refractivity contribution in [2.75, 3.05) is 13.7 Å². The maximum absolute atomic E-state index is 12.6. The van der Waals surface area contributed by atoms with Crippen LogP contribution in [0.2, 0.25) is 0 Å². The minimum Gasteiger partial charge on any atom is -0.488 e. The zero-order valence-electron chi connectivity index (χ0n) is 22.1. The first-order valence-corrected chi connectivity index (χ1v) is 13.6. The molecule has 2 aliphatic carbocycles. The van der Waals surface area contributed by atoms with Gasteiger partial charge in [0.1, 0.15) is 18.5 Å². The van der Waals surface area contributed by atoms with Gasteiger partial charge in [-0.3, -0.25) is 4.79 Å². The summed E-state index contributed by atoms with van der Waals surface area (Å²) in [6.45, 7) is 6.35. The number of methoxy groups -OCH3 is 1. The summed E-state index contributed by atoms with van der Waals surface area (Å²) in [7, 11) is 1.46. The molecule has 3 rings (SSSR count). The number of aliphatic hydroxyl groups is 2. The Kier molecular flexibility index (Phi) is 10.9. The van der Waals surface area contributed by atoms with Crippen LogP contribution in [0, 0.1) is 23.7 Å². The number of benzene rings is 1. The van der Waals surface area contributed by atoms with Crippen molar-refractivity contribution in [2.45, 2.75) is 103 Å². The van der Waals surface area contributed by atoms with E-state index in [0.29, 0.717) is 18.3 Å². The van der Waals surface area contributed by atoms with Gasteiger partial charge in [0.15, 0.2) is 6.29 Å². The minimum atomic E-state index is -0.952. The molecule has 6 nitrogen and oxygen atoms in total. The van der Waals surface area contributed by atoms with E-state index in [1.54, 1.807) is 0 Å². The van der Waals surface area contributed by atoms with Gasteiger partial charge in [-0.2, -0.15) is 0 Å². The molecule has 0 bridgehead atoms. The fraction of sp³-hybridized carbons (Fsp3) is 0.759. The third-order valence-electron chi connectivity index (χ3n) is 7.81. The van der Waals surface area contributed by atoms with Crippen molar-refractivity contribution < 1.29 is 29.2 Å². The third-order valence-corrected chi connectivity index (χ3v) is 7.81. The molecule has 198 valence electrons. The SMILES string of the molecule is CCCCC[C@@H](O)CC[C@@H]1[C@H]2Cc3cccc(OCC(O)OC)c3C[C@H]2C[C@H]1OC(=O)CC(C)C. The standard InChI is InChI=1S/C29H46O6/c1-5-6-7-10-22(30)12-13-23-24-15-20-9-8-11-26(34-18-29(32)33-4)25(20)16-21(24)17-27(23)35-28(31)14-19(2)3/h8-9,11,19,21-24,27,29-30,32H,5-7,10,12-18H2,1-4H3/t21-,22+,23+,24-,27+,29?/m0/s1. The monoisotopic (exact) mass is 490 g/mol. The van der Waals surface area contributed by atoms with E-state index in [9.17, 15) is 15.0 Å². The Labute approximate surface area is 211 Å². The van der Waals surface area contributed by atoms with Gasteiger partial charge in [0.05, 0.1) is 6.10 Å². The van der Waals surface area contributed by atoms with Crippen molar-refractivity contribution in [2.24, 2.45) is 23.7 Å². The molecule has 0 heterocycles. The largest absolute Gasteiger partial charge is 0.488 e. The summed E-state index contributed by atoms with van der Waals surface area (Å²) in [5, 5.41) is 20.3. The fourth-order valence-corrected chi connectivity index (χ4v) is 5.99. The zero-order chi connectivity index (χ0) is 25.4. The average Bonchev–Trinajstić information content (AvgIpc) is 3.14. The lowest BCUT2D eigenvalue weighted by atomic mass is 9.73. The Morgan fingerprint density at radius 3 is 2.66 bits per heavy atom. The van der Waals surface area contributed by atoms with Gasteiger partial charge in [0.25, 0.3) is 0 Å². The highest BCUT2D eigenvalue weighted by molar-refractivity contribution is 5.69. The summed E-state index contributed by atoms with van der Waals surface area (Å²) in [5.41, 5.74) is 2.47. The molecule has 1 unspecified atom stereocenters. The minimum absolute atomic E-state index is 0.0897. The van der Waals surface area contributed by atoms with Crippen LogP contribution >= 0.6 is 0 Å². The van der Waals surface area contributed by atoms with Crippen LogP contribution in [0.3, 0.4) is 0 Å². The van der Waals surface area contributed by atoms with E-state index in [2.05, 4.69) is 13.0 Å². The fourth-order valence-electron chi connectivity index (χ4n) is 5.99. The quantitative estimate of drug-likeness (QED) is 0.215. The molecule has 1 aromatic carbocycles. The van der Waals surface area contributed by atoms with E-state index < -0.39 is 6.29 Å². The number of hydrogen-bond donors (Lipinski definition) is 2. The maximum atomic E-state index is 12.6. The second-order valence-corrected chi connectivity index (χ2v) is 11.0. The van der Waals surface area contributed by atoms with Crippen LogP contribution in [-0.2, 0) is 27.1 Å². The van der Waals surface area contributed by atoms with Gasteiger partial charge in [0, 0.05) is 13.5 Å². The van der Waals surface area contributed by atoms with Gasteiger partial charge in [0.2, 0.25) is 0 Å². The molecule has 1 aromatic rings. The number of fused-ring (bicyclic) bond motifs is 2. The van der Waals surface area contributed by atoms with E-state index in [1.807, 2.05) is 26.0 Å². The van der Waals surface area contributed by atoms with Gasteiger partial charge >= 0.3 is 5.97 Å². The molecule has 1 fully saturated rings. The smallest absolute Gasteiger partial charge is 0.306 e. The van der Waals surface area contributed by atoms with Crippen molar-refractivity contribution in [1.82, 2.24) is 0 Å². The molecule has 2 aliphatic rings. The molecule has 1 saturated carbocycles. The van der Waals surface area contributed by atoms with Crippen LogP contribution in [0.4, 0.5) is 0 Å². The highest BCUT2D eigenvalue weighted by Gasteiger charge is 2.47. The number of ether oxygens (including phenoxy) is 3. The predicted octanol–water partition coefficient (Wildman–Crippen LogP) is 5.06. The van der Waals surface area contributed by atoms with Gasteiger partial charge in [-0.25, -0.2) is 0 Å². The molecular weight excluding hydrogens is 444 g/mol. The highest BCUT2D eigenvalue weighted by Crippen LogP contribution is 2.49. The van der Waals surface area contributed by atoms with E-state index in [1.165, 1.54) is 18.2 Å². The molecular formula is C29H46O6. The van der Waals surface area contributed by atoms with Crippen LogP contribution < -0.4 is 4.74 Å². The number of aliphatic hydroxyl groups excluding tert-OH is 2. The zero-order valence-corrected chi connectivity index (χ0v) is 22.1. The number of rotatable bonds is 14. The molecule has 6 heteroatoms. The first-order chi connectivity index (χ1) is 16.8. The van der Waals surface area contributed by atoms with Crippen LogP contribution in [0.1, 0.15) is 83.3 Å². The van der Waals surface area contributed by atoms with Crippen LogP contribution in [0.5, 0.6) is 5.75 Å². The van der Waals surface area contributed by atoms with E-state index >= 15 is 0 Å². The second kappa shape index (κ2) is 13.6. The Morgan fingerprint density at radius 1 is 1.14 bits per heavy atom. The second-order valence-electron chi connectivity index (χ2n) is 11.0. The lowest BCUT2D eigenvalue weighted by molar-refractivity contribution is -0.152. The number of carbonyl (C=O) groups is 1. The van der Waals surface area contributed by atoms with Crippen molar-refractivity contribution in [3.8, 4) is 5.75 Å². The van der Waals surface area contributed by atoms with Crippen molar-refractivity contribution in [3.05, 3.63) is 29.3 Å². The van der Waals surface area contributed by atoms with E-state index in [0.717, 1.165) is 63.5 Å². The average molecular weight is 491 g/mol. The van der Waals surface area contributed by atoms with Gasteiger partial charge < -0.3 is 24.4 Å². The van der Waals surface area contributed by atoms with Crippen molar-refractivity contribution in [1.29, 1.82) is 0 Å². The molecule has 6 atom stereocenters. The first-order valence-electron chi connectivity index (χ1n) is 13.6. The van der Waals surface area contributed by atoms with Gasteiger partial charge in [-0.1, -0.05) is 52.2 Å². The lowest BCUT2D eigenvalue weighted by Crippen LogP contribution is -2.30. The van der Waals surface area contributed by atoms with E-state index in [4.69, 9.17) is 14.2 Å². The number of esters is 1. The Hall–Kier alpha value is -1.63. The molecule has 0 spiro atoms. The van der Waals surface area contributed by atoms with Crippen molar-refractivity contribution in [3.63, 3.8) is 0 Å². The predicted molar refractivity (Wildman–Crippen MR) is 136 cm³/mol. The summed E-state index contributed by atoms with van der Waals surface area (Å²) in [4.78, 5) is 12.6. The van der Waals surface area contributed by atoms with Gasteiger partial charge in [-0.15, -0.1) is 0 Å². The Morgan fingerprint density at radius 2 is 1.94 bits per heavy atom. The van der Waals surface area contributed by atoms with Crippen molar-refractivity contribution >= 4 is 5.97 Å². The molecule has 0 amide bonds. The summed E-state index contributed by atoms with van der Waals surface area (Å²) in [5.74, 6) is 2.09. The Balaban J connectivity index is 1.72. The maximum Gasteiger partial charge on any atom is 0.306 e. The van der Waals surface area contributed by atoms with Gasteiger partial charge in [-0.05, 0) is 79.4 Å². The molecule has 0 radical (unpaired) electrons. The van der Waals surface area contributed by atoms with Crippen LogP contribution in [0.25, 0.3) is 0 Å². The molecule has 2 N–H and O–H groups in total. The summed E-state index contributed by atoms with van der Waals surface area (Å²) in [6.07, 6.45) is 7.67. The molecule has 0 saturated heterocycles.